The van der Waals surface area contributed by atoms with Crippen LogP contribution < -0.4 is 10.6 Å². The molecule has 0 radical (unpaired) electrons. The van der Waals surface area contributed by atoms with Gasteiger partial charge in [-0.15, -0.1) is 0 Å². The standard InChI is InChI=1S/C17H17F2N3O3/c18-11-4-3-9(6-12(11)19)15-14-13(20-17(24)21-15)8-22(16(14)23)7-10-2-1-5-25-10/h3-4,6,10,15H,1-2,5,7-8H2,(H2,20,21,24)/t10-,15+/m0/s1. The molecule has 0 unspecified atom stereocenters. The topological polar surface area (TPSA) is 70.7 Å². The van der Waals surface area contributed by atoms with Crippen molar-refractivity contribution >= 4 is 11.9 Å². The van der Waals surface area contributed by atoms with Gasteiger partial charge >= 0.3 is 6.03 Å². The molecule has 0 saturated carbocycles. The molecule has 2 N–H and O–H groups in total. The molecule has 3 aliphatic heterocycles. The van der Waals surface area contributed by atoms with Crippen molar-refractivity contribution < 1.29 is 23.1 Å². The second kappa shape index (κ2) is 6.11. The van der Waals surface area contributed by atoms with Gasteiger partial charge in [-0.05, 0) is 30.5 Å². The highest BCUT2D eigenvalue weighted by atomic mass is 19.2. The molecule has 0 spiro atoms. The Labute approximate surface area is 142 Å². The zero-order valence-electron chi connectivity index (χ0n) is 13.4. The van der Waals surface area contributed by atoms with Crippen molar-refractivity contribution in [2.75, 3.05) is 19.7 Å². The smallest absolute Gasteiger partial charge is 0.319 e. The Morgan fingerprint density at radius 2 is 2.08 bits per heavy atom. The lowest BCUT2D eigenvalue weighted by molar-refractivity contribution is -0.127. The highest BCUT2D eigenvalue weighted by molar-refractivity contribution is 6.01. The second-order valence-corrected chi connectivity index (χ2v) is 6.42. The average Bonchev–Trinajstić information content (AvgIpc) is 3.18. The number of nitrogens with zero attached hydrogens (tertiary/aromatic N) is 1. The predicted octanol–water partition coefficient (Wildman–Crippen LogP) is 1.59. The van der Waals surface area contributed by atoms with Crippen molar-refractivity contribution in [1.82, 2.24) is 15.5 Å². The summed E-state index contributed by atoms with van der Waals surface area (Å²) in [6.45, 7) is 1.42. The van der Waals surface area contributed by atoms with Crippen LogP contribution in [0.1, 0.15) is 24.4 Å². The maximum Gasteiger partial charge on any atom is 0.319 e. The first-order valence-electron chi connectivity index (χ1n) is 8.19. The molecule has 8 heteroatoms. The summed E-state index contributed by atoms with van der Waals surface area (Å²) in [6.07, 6.45) is 1.86. The van der Waals surface area contributed by atoms with Crippen LogP contribution in [0.25, 0.3) is 0 Å². The normalized spacial score (nSPS) is 25.9. The number of benzene rings is 1. The summed E-state index contributed by atoms with van der Waals surface area (Å²) in [5, 5.41) is 5.27. The van der Waals surface area contributed by atoms with Crippen molar-refractivity contribution in [1.29, 1.82) is 0 Å². The zero-order chi connectivity index (χ0) is 17.6. The van der Waals surface area contributed by atoms with Gasteiger partial charge in [0.15, 0.2) is 11.6 Å². The Balaban J connectivity index is 1.62. The highest BCUT2D eigenvalue weighted by Gasteiger charge is 2.41. The van der Waals surface area contributed by atoms with Crippen LogP contribution in [0.4, 0.5) is 13.6 Å². The molecule has 2 atom stereocenters. The van der Waals surface area contributed by atoms with E-state index in [-0.39, 0.29) is 18.6 Å². The monoisotopic (exact) mass is 349 g/mol. The lowest BCUT2D eigenvalue weighted by Gasteiger charge is -2.25. The van der Waals surface area contributed by atoms with Crippen LogP contribution in [-0.4, -0.2) is 42.6 Å². The third-order valence-corrected chi connectivity index (χ3v) is 4.75. The van der Waals surface area contributed by atoms with E-state index in [1.807, 2.05) is 0 Å². The van der Waals surface area contributed by atoms with Crippen molar-refractivity contribution in [2.45, 2.75) is 25.0 Å². The minimum absolute atomic E-state index is 0.00400. The van der Waals surface area contributed by atoms with E-state index in [9.17, 15) is 18.4 Å². The van der Waals surface area contributed by atoms with Crippen LogP contribution >= 0.6 is 0 Å². The lowest BCUT2D eigenvalue weighted by Crippen LogP contribution is -2.44. The van der Waals surface area contributed by atoms with E-state index in [2.05, 4.69) is 10.6 Å². The summed E-state index contributed by atoms with van der Waals surface area (Å²) < 4.78 is 32.4. The summed E-state index contributed by atoms with van der Waals surface area (Å²) >= 11 is 0. The van der Waals surface area contributed by atoms with Crippen molar-refractivity contribution in [3.05, 3.63) is 46.7 Å². The maximum atomic E-state index is 13.6. The molecule has 3 amide bonds. The SMILES string of the molecule is O=C1NC2=C(C(=O)N(C[C@@H]3CCCO3)C2)[C@@H](c2ccc(F)c(F)c2)N1. The van der Waals surface area contributed by atoms with Crippen LogP contribution in [0.3, 0.4) is 0 Å². The van der Waals surface area contributed by atoms with E-state index in [1.165, 1.54) is 6.07 Å². The number of ether oxygens (including phenoxy) is 1. The molecule has 0 aliphatic carbocycles. The van der Waals surface area contributed by atoms with Gasteiger partial charge in [0, 0.05) is 13.2 Å². The van der Waals surface area contributed by atoms with Crippen LogP contribution in [0.15, 0.2) is 29.5 Å². The fourth-order valence-corrected chi connectivity index (χ4v) is 3.55. The molecule has 0 bridgehead atoms. The quantitative estimate of drug-likeness (QED) is 0.871. The van der Waals surface area contributed by atoms with Crippen molar-refractivity contribution in [3.63, 3.8) is 0 Å². The van der Waals surface area contributed by atoms with Crippen molar-refractivity contribution in [3.8, 4) is 0 Å². The maximum absolute atomic E-state index is 13.6. The van der Waals surface area contributed by atoms with E-state index in [0.717, 1.165) is 25.0 Å². The second-order valence-electron chi connectivity index (χ2n) is 6.42. The van der Waals surface area contributed by atoms with Gasteiger partial charge in [0.2, 0.25) is 0 Å². The van der Waals surface area contributed by atoms with Crippen molar-refractivity contribution in [2.24, 2.45) is 0 Å². The Kier molecular flexibility index (Phi) is 3.91. The van der Waals surface area contributed by atoms with E-state index >= 15 is 0 Å². The zero-order valence-corrected chi connectivity index (χ0v) is 13.4. The first-order chi connectivity index (χ1) is 12.0. The third kappa shape index (κ3) is 2.86. The van der Waals surface area contributed by atoms with Crippen LogP contribution in [-0.2, 0) is 9.53 Å². The molecule has 4 rings (SSSR count). The van der Waals surface area contributed by atoms with Gasteiger partial charge in [-0.2, -0.15) is 0 Å². The van der Waals surface area contributed by atoms with Gasteiger partial charge in [0.1, 0.15) is 0 Å². The fourth-order valence-electron chi connectivity index (χ4n) is 3.55. The highest BCUT2D eigenvalue weighted by Crippen LogP contribution is 2.33. The number of urea groups is 1. The average molecular weight is 349 g/mol. The van der Waals surface area contributed by atoms with Gasteiger partial charge < -0.3 is 20.3 Å². The van der Waals surface area contributed by atoms with Gasteiger partial charge in [-0.3, -0.25) is 4.79 Å². The predicted molar refractivity (Wildman–Crippen MR) is 83.3 cm³/mol. The number of carbonyl (C=O) groups excluding carboxylic acids is 2. The molecule has 0 aromatic heterocycles. The molecular weight excluding hydrogens is 332 g/mol. The van der Waals surface area contributed by atoms with Gasteiger partial charge in [-0.25, -0.2) is 13.6 Å². The first kappa shape index (κ1) is 16.0. The summed E-state index contributed by atoms with van der Waals surface area (Å²) in [5.41, 5.74) is 1.19. The van der Waals surface area contributed by atoms with Crippen LogP contribution in [0.2, 0.25) is 0 Å². The molecule has 3 aliphatic rings. The Morgan fingerprint density at radius 1 is 1.24 bits per heavy atom. The fraction of sp³-hybridized carbons (Fsp3) is 0.412. The number of rotatable bonds is 3. The molecular formula is C17H17F2N3O3. The minimum atomic E-state index is -1.02. The number of nitrogens with one attached hydrogen (secondary N) is 2. The number of hydrogen-bond donors (Lipinski definition) is 2. The van der Waals surface area contributed by atoms with E-state index < -0.39 is 23.7 Å². The summed E-state index contributed by atoms with van der Waals surface area (Å²) in [4.78, 5) is 26.4. The minimum Gasteiger partial charge on any atom is -0.376 e. The molecule has 6 nitrogen and oxygen atoms in total. The molecule has 3 heterocycles. The van der Waals surface area contributed by atoms with Gasteiger partial charge in [0.25, 0.3) is 5.91 Å². The van der Waals surface area contributed by atoms with E-state index in [0.29, 0.717) is 30.0 Å². The molecule has 1 aromatic rings. The van der Waals surface area contributed by atoms with E-state index in [4.69, 9.17) is 4.74 Å². The molecule has 25 heavy (non-hydrogen) atoms. The molecule has 1 fully saturated rings. The molecule has 1 aromatic carbocycles. The Bertz CT molecular complexity index is 774. The Hall–Kier alpha value is -2.48. The summed E-state index contributed by atoms with van der Waals surface area (Å²) in [5.74, 6) is -2.22. The third-order valence-electron chi connectivity index (χ3n) is 4.75. The van der Waals surface area contributed by atoms with Crippen LogP contribution in [0, 0.1) is 11.6 Å². The lowest BCUT2D eigenvalue weighted by atomic mass is 9.96. The largest absolute Gasteiger partial charge is 0.376 e. The first-order valence-corrected chi connectivity index (χ1v) is 8.19. The van der Waals surface area contributed by atoms with Gasteiger partial charge in [-0.1, -0.05) is 6.07 Å². The summed E-state index contributed by atoms with van der Waals surface area (Å²) in [6, 6.07) is 2.09. The van der Waals surface area contributed by atoms with Crippen LogP contribution in [0.5, 0.6) is 0 Å². The Morgan fingerprint density at radius 3 is 2.80 bits per heavy atom. The van der Waals surface area contributed by atoms with Gasteiger partial charge in [0.05, 0.1) is 30.0 Å². The van der Waals surface area contributed by atoms with E-state index in [1.54, 1.807) is 4.90 Å². The number of hydrogen-bond acceptors (Lipinski definition) is 3. The summed E-state index contributed by atoms with van der Waals surface area (Å²) in [7, 11) is 0. The number of carbonyl (C=O) groups is 2. The molecule has 132 valence electrons. The number of amides is 3. The molecule has 1 saturated heterocycles. The number of halogens is 2.